The van der Waals surface area contributed by atoms with Crippen LogP contribution < -0.4 is 4.90 Å². The number of aryl methyl sites for hydroxylation is 1. The Morgan fingerprint density at radius 3 is 1.75 bits per heavy atom. The van der Waals surface area contributed by atoms with Crippen LogP contribution in [0, 0.1) is 0 Å². The lowest BCUT2D eigenvalue weighted by Crippen LogP contribution is -2.12. The number of para-hydroxylation sites is 1. The third-order valence-electron chi connectivity index (χ3n) is 7.85. The number of anilines is 3. The summed E-state index contributed by atoms with van der Waals surface area (Å²) < 4.78 is 0. The van der Waals surface area contributed by atoms with Crippen LogP contribution in [0.4, 0.5) is 17.1 Å². The van der Waals surface area contributed by atoms with Crippen molar-refractivity contribution in [2.24, 2.45) is 0 Å². The minimum Gasteiger partial charge on any atom is -0.310 e. The summed E-state index contributed by atoms with van der Waals surface area (Å²) in [5.41, 5.74) is 13.7. The van der Waals surface area contributed by atoms with Crippen molar-refractivity contribution in [2.45, 2.75) is 12.8 Å². The van der Waals surface area contributed by atoms with E-state index in [0.717, 1.165) is 34.9 Å². The van der Waals surface area contributed by atoms with Gasteiger partial charge in [-0.2, -0.15) is 0 Å². The van der Waals surface area contributed by atoms with E-state index in [0.29, 0.717) is 0 Å². The molecule has 0 N–H and O–H groups in total. The zero-order chi connectivity index (χ0) is 26.9. The van der Waals surface area contributed by atoms with Gasteiger partial charge in [-0.05, 0) is 106 Å². The van der Waals surface area contributed by atoms with E-state index in [1.165, 1.54) is 44.5 Å². The van der Waals surface area contributed by atoms with Gasteiger partial charge in [-0.1, -0.05) is 109 Å². The van der Waals surface area contributed by atoms with Crippen LogP contribution in [0.25, 0.3) is 33.4 Å². The number of benzene rings is 6. The minimum atomic E-state index is 0.753. The number of hydrogen-bond acceptors (Lipinski definition) is 1. The van der Waals surface area contributed by atoms with Crippen LogP contribution in [0.5, 0.6) is 0 Å². The monoisotopic (exact) mass is 533 g/mol. The zero-order valence-electron chi connectivity index (χ0n) is 22.1. The van der Waals surface area contributed by atoms with Crippen molar-refractivity contribution in [2.75, 3.05) is 4.90 Å². The molecule has 6 aromatic carbocycles. The molecule has 0 saturated carbocycles. The highest BCUT2D eigenvalue weighted by molar-refractivity contribution is 6.30. The summed E-state index contributed by atoms with van der Waals surface area (Å²) in [6, 6.07) is 51.9. The quantitative estimate of drug-likeness (QED) is 0.213. The van der Waals surface area contributed by atoms with Gasteiger partial charge in [0.05, 0.1) is 0 Å². The van der Waals surface area contributed by atoms with Crippen molar-refractivity contribution in [1.29, 1.82) is 0 Å². The first-order chi connectivity index (χ1) is 19.7. The van der Waals surface area contributed by atoms with Gasteiger partial charge < -0.3 is 4.90 Å². The average molecular weight is 534 g/mol. The topological polar surface area (TPSA) is 3.24 Å². The van der Waals surface area contributed by atoms with E-state index >= 15 is 0 Å². The Morgan fingerprint density at radius 1 is 0.425 bits per heavy atom. The Kier molecular flexibility index (Phi) is 6.43. The molecule has 192 valence electrons. The molecule has 1 aliphatic carbocycles. The molecule has 1 aliphatic rings. The predicted molar refractivity (Wildman–Crippen MR) is 170 cm³/mol. The van der Waals surface area contributed by atoms with E-state index in [1.807, 2.05) is 12.1 Å². The third-order valence-corrected chi connectivity index (χ3v) is 8.10. The Balaban J connectivity index is 1.44. The van der Waals surface area contributed by atoms with Crippen LogP contribution in [0.1, 0.15) is 11.1 Å². The van der Waals surface area contributed by atoms with Crippen LogP contribution in [0.15, 0.2) is 146 Å². The van der Waals surface area contributed by atoms with Crippen molar-refractivity contribution in [1.82, 2.24) is 0 Å². The van der Waals surface area contributed by atoms with Crippen LogP contribution in [0.2, 0.25) is 5.02 Å². The van der Waals surface area contributed by atoms with E-state index in [4.69, 9.17) is 11.6 Å². The maximum absolute atomic E-state index is 6.30. The van der Waals surface area contributed by atoms with Crippen molar-refractivity contribution in [3.05, 3.63) is 162 Å². The number of rotatable bonds is 5. The fourth-order valence-electron chi connectivity index (χ4n) is 5.90. The van der Waals surface area contributed by atoms with Crippen LogP contribution in [0.3, 0.4) is 0 Å². The standard InChI is InChI=1S/C38H28ClN/c39-31-20-15-30(16-21-31)37-25-34(26-38-35-14-8-7-11-29(35)19-24-36(37)38)40(32-12-5-2-6-13-32)33-22-17-28(18-23-33)27-9-3-1-4-10-27/h1-18,20-23,25-26H,19,24H2. The lowest BCUT2D eigenvalue weighted by atomic mass is 9.81. The number of nitrogens with zero attached hydrogens (tertiary/aromatic N) is 1. The maximum Gasteiger partial charge on any atom is 0.0474 e. The Bertz CT molecular complexity index is 1770. The van der Waals surface area contributed by atoms with Crippen molar-refractivity contribution >= 4 is 28.7 Å². The first kappa shape index (κ1) is 24.5. The van der Waals surface area contributed by atoms with Gasteiger partial charge in [0.25, 0.3) is 0 Å². The van der Waals surface area contributed by atoms with Crippen molar-refractivity contribution in [3.63, 3.8) is 0 Å². The minimum absolute atomic E-state index is 0.753. The normalized spacial score (nSPS) is 11.9. The molecule has 6 aromatic rings. The summed E-state index contributed by atoms with van der Waals surface area (Å²) in [4.78, 5) is 2.37. The number of hydrogen-bond donors (Lipinski definition) is 0. The Morgan fingerprint density at radius 2 is 1.00 bits per heavy atom. The molecule has 7 rings (SSSR count). The molecule has 0 aliphatic heterocycles. The summed E-state index contributed by atoms with van der Waals surface area (Å²) >= 11 is 6.30. The summed E-state index contributed by atoms with van der Waals surface area (Å²) in [7, 11) is 0. The SMILES string of the molecule is Clc1ccc(-c2cc(N(c3ccccc3)c3ccc(-c4ccccc4)cc3)cc3c2CCc2ccccc2-3)cc1. The van der Waals surface area contributed by atoms with Crippen LogP contribution in [-0.4, -0.2) is 0 Å². The smallest absolute Gasteiger partial charge is 0.0474 e. The maximum atomic E-state index is 6.30. The highest BCUT2D eigenvalue weighted by Gasteiger charge is 2.23. The van der Waals surface area contributed by atoms with Gasteiger partial charge in [0.2, 0.25) is 0 Å². The Hall–Kier alpha value is -4.59. The van der Waals surface area contributed by atoms with E-state index in [2.05, 4.69) is 138 Å². The molecule has 0 spiro atoms. The number of halogens is 1. The van der Waals surface area contributed by atoms with Gasteiger partial charge in [0.15, 0.2) is 0 Å². The fraction of sp³-hybridized carbons (Fsp3) is 0.0526. The molecule has 0 amide bonds. The molecule has 0 fully saturated rings. The number of fused-ring (bicyclic) bond motifs is 3. The van der Waals surface area contributed by atoms with E-state index in [9.17, 15) is 0 Å². The van der Waals surface area contributed by atoms with Gasteiger partial charge in [0.1, 0.15) is 0 Å². The largest absolute Gasteiger partial charge is 0.310 e. The van der Waals surface area contributed by atoms with Gasteiger partial charge in [-0.15, -0.1) is 0 Å². The average Bonchev–Trinajstić information content (AvgIpc) is 3.02. The van der Waals surface area contributed by atoms with Gasteiger partial charge in [0, 0.05) is 22.1 Å². The molecule has 0 saturated heterocycles. The molecule has 0 radical (unpaired) electrons. The van der Waals surface area contributed by atoms with Crippen LogP contribution >= 0.6 is 11.6 Å². The van der Waals surface area contributed by atoms with Gasteiger partial charge in [-0.25, -0.2) is 0 Å². The third kappa shape index (κ3) is 4.59. The first-order valence-corrected chi connectivity index (χ1v) is 14.1. The zero-order valence-corrected chi connectivity index (χ0v) is 22.9. The fourth-order valence-corrected chi connectivity index (χ4v) is 6.03. The molecule has 0 atom stereocenters. The summed E-state index contributed by atoms with van der Waals surface area (Å²) in [6.45, 7) is 0. The molecule has 2 heteroatoms. The lowest BCUT2D eigenvalue weighted by Gasteiger charge is -2.30. The van der Waals surface area contributed by atoms with E-state index in [-0.39, 0.29) is 0 Å². The van der Waals surface area contributed by atoms with Crippen LogP contribution in [-0.2, 0) is 12.8 Å². The molecule has 0 heterocycles. The van der Waals surface area contributed by atoms with E-state index in [1.54, 1.807) is 0 Å². The van der Waals surface area contributed by atoms with E-state index < -0.39 is 0 Å². The lowest BCUT2D eigenvalue weighted by molar-refractivity contribution is 0.943. The Labute approximate surface area is 241 Å². The van der Waals surface area contributed by atoms with Crippen molar-refractivity contribution in [3.8, 4) is 33.4 Å². The second-order valence-electron chi connectivity index (χ2n) is 10.3. The molecule has 0 bridgehead atoms. The molecular formula is C38H28ClN. The summed E-state index contributed by atoms with van der Waals surface area (Å²) in [5, 5.41) is 0.753. The first-order valence-electron chi connectivity index (χ1n) is 13.8. The molecule has 1 nitrogen and oxygen atoms in total. The second-order valence-corrected chi connectivity index (χ2v) is 10.7. The van der Waals surface area contributed by atoms with Crippen molar-refractivity contribution < 1.29 is 0 Å². The van der Waals surface area contributed by atoms with Gasteiger partial charge in [-0.3, -0.25) is 0 Å². The second kappa shape index (κ2) is 10.5. The highest BCUT2D eigenvalue weighted by Crippen LogP contribution is 2.45. The molecule has 40 heavy (non-hydrogen) atoms. The molecule has 0 unspecified atom stereocenters. The summed E-state index contributed by atoms with van der Waals surface area (Å²) in [5.74, 6) is 0. The predicted octanol–water partition coefficient (Wildman–Crippen LogP) is 10.9. The molecular weight excluding hydrogens is 506 g/mol. The van der Waals surface area contributed by atoms with Gasteiger partial charge >= 0.3 is 0 Å². The molecule has 0 aromatic heterocycles. The highest BCUT2D eigenvalue weighted by atomic mass is 35.5. The summed E-state index contributed by atoms with van der Waals surface area (Å²) in [6.07, 6.45) is 2.06.